The van der Waals surface area contributed by atoms with Crippen molar-refractivity contribution in [1.29, 1.82) is 0 Å². The SMILES string of the molecule is CC(C)CCCCC(=O)N1CCC(C)(C(C)C)CC1. The molecule has 19 heavy (non-hydrogen) atoms. The summed E-state index contributed by atoms with van der Waals surface area (Å²) in [5, 5.41) is 0. The third-order valence-corrected chi connectivity index (χ3v) is 5.07. The molecular weight excluding hydrogens is 234 g/mol. The van der Waals surface area contributed by atoms with Crippen LogP contribution >= 0.6 is 0 Å². The standard InChI is InChI=1S/C17H33NO/c1-14(2)8-6-7-9-16(19)18-12-10-17(5,11-13-18)15(3)4/h14-15H,6-13H2,1-5H3. The van der Waals surface area contributed by atoms with Crippen molar-refractivity contribution in [2.24, 2.45) is 17.3 Å². The van der Waals surface area contributed by atoms with Crippen LogP contribution in [0.25, 0.3) is 0 Å². The number of piperidine rings is 1. The minimum absolute atomic E-state index is 0.384. The summed E-state index contributed by atoms with van der Waals surface area (Å²) in [6, 6.07) is 0. The maximum absolute atomic E-state index is 12.1. The molecule has 1 aliphatic rings. The Bertz CT molecular complexity index is 275. The molecule has 0 unspecified atom stereocenters. The minimum Gasteiger partial charge on any atom is -0.343 e. The van der Waals surface area contributed by atoms with Crippen LogP contribution < -0.4 is 0 Å². The molecular formula is C17H33NO. The van der Waals surface area contributed by atoms with Crippen molar-refractivity contribution < 1.29 is 4.79 Å². The number of unbranched alkanes of at least 4 members (excludes halogenated alkanes) is 1. The van der Waals surface area contributed by atoms with Gasteiger partial charge in [0.25, 0.3) is 0 Å². The van der Waals surface area contributed by atoms with E-state index in [1.807, 2.05) is 0 Å². The Morgan fingerprint density at radius 1 is 1.11 bits per heavy atom. The van der Waals surface area contributed by atoms with Gasteiger partial charge in [-0.2, -0.15) is 0 Å². The molecule has 2 nitrogen and oxygen atoms in total. The predicted molar refractivity (Wildman–Crippen MR) is 82.1 cm³/mol. The molecule has 0 atom stereocenters. The zero-order valence-corrected chi connectivity index (χ0v) is 13.7. The van der Waals surface area contributed by atoms with E-state index in [1.165, 1.54) is 25.7 Å². The normalized spacial score (nSPS) is 19.2. The van der Waals surface area contributed by atoms with E-state index in [1.54, 1.807) is 0 Å². The molecule has 1 amide bonds. The van der Waals surface area contributed by atoms with Gasteiger partial charge in [0.15, 0.2) is 0 Å². The van der Waals surface area contributed by atoms with E-state index in [0.29, 0.717) is 11.3 Å². The van der Waals surface area contributed by atoms with Crippen molar-refractivity contribution in [3.8, 4) is 0 Å². The molecule has 0 saturated carbocycles. The second-order valence-electron chi connectivity index (χ2n) is 7.33. The van der Waals surface area contributed by atoms with E-state index < -0.39 is 0 Å². The molecule has 2 heteroatoms. The first-order chi connectivity index (χ1) is 8.85. The molecule has 1 saturated heterocycles. The van der Waals surface area contributed by atoms with Crippen molar-refractivity contribution in [1.82, 2.24) is 4.90 Å². The fourth-order valence-electron chi connectivity index (χ4n) is 2.83. The lowest BCUT2D eigenvalue weighted by atomic mass is 9.72. The van der Waals surface area contributed by atoms with Gasteiger partial charge < -0.3 is 4.90 Å². The van der Waals surface area contributed by atoms with Crippen LogP contribution in [0.3, 0.4) is 0 Å². The van der Waals surface area contributed by atoms with Gasteiger partial charge in [0.05, 0.1) is 0 Å². The van der Waals surface area contributed by atoms with Crippen LogP contribution in [0.4, 0.5) is 0 Å². The topological polar surface area (TPSA) is 20.3 Å². The van der Waals surface area contributed by atoms with Gasteiger partial charge in [-0.05, 0) is 36.5 Å². The molecule has 1 rings (SSSR count). The van der Waals surface area contributed by atoms with Crippen LogP contribution in [-0.2, 0) is 4.79 Å². The zero-order chi connectivity index (χ0) is 14.5. The summed E-state index contributed by atoms with van der Waals surface area (Å²) in [6.45, 7) is 13.4. The van der Waals surface area contributed by atoms with E-state index in [2.05, 4.69) is 39.5 Å². The smallest absolute Gasteiger partial charge is 0.222 e. The number of hydrogen-bond donors (Lipinski definition) is 0. The van der Waals surface area contributed by atoms with E-state index in [0.717, 1.165) is 37.8 Å². The summed E-state index contributed by atoms with van der Waals surface area (Å²) >= 11 is 0. The van der Waals surface area contributed by atoms with Gasteiger partial charge in [-0.3, -0.25) is 4.79 Å². The third kappa shape index (κ3) is 5.16. The summed E-state index contributed by atoms with van der Waals surface area (Å²) < 4.78 is 0. The van der Waals surface area contributed by atoms with Crippen molar-refractivity contribution in [2.45, 2.75) is 73.1 Å². The zero-order valence-electron chi connectivity index (χ0n) is 13.7. The van der Waals surface area contributed by atoms with Gasteiger partial charge in [-0.15, -0.1) is 0 Å². The second kappa shape index (κ2) is 7.31. The largest absolute Gasteiger partial charge is 0.343 e. The molecule has 0 aromatic rings. The van der Waals surface area contributed by atoms with E-state index >= 15 is 0 Å². The lowest BCUT2D eigenvalue weighted by molar-refractivity contribution is -0.134. The van der Waals surface area contributed by atoms with E-state index in [4.69, 9.17) is 0 Å². The molecule has 0 aromatic carbocycles. The van der Waals surface area contributed by atoms with E-state index in [9.17, 15) is 4.79 Å². The highest BCUT2D eigenvalue weighted by Gasteiger charge is 2.33. The predicted octanol–water partition coefficient (Wildman–Crippen LogP) is 4.49. The Balaban J connectivity index is 2.25. The average molecular weight is 267 g/mol. The van der Waals surface area contributed by atoms with Gasteiger partial charge in [-0.1, -0.05) is 47.5 Å². The Morgan fingerprint density at radius 2 is 1.68 bits per heavy atom. The molecule has 0 spiro atoms. The summed E-state index contributed by atoms with van der Waals surface area (Å²) in [5.41, 5.74) is 0.439. The minimum atomic E-state index is 0.384. The molecule has 0 aromatic heterocycles. The fraction of sp³-hybridized carbons (Fsp3) is 0.941. The maximum atomic E-state index is 12.1. The fourth-order valence-corrected chi connectivity index (χ4v) is 2.83. The van der Waals surface area contributed by atoms with Crippen LogP contribution in [-0.4, -0.2) is 23.9 Å². The Kier molecular flexibility index (Phi) is 6.35. The number of carbonyl (C=O) groups is 1. The van der Waals surface area contributed by atoms with Gasteiger partial charge in [-0.25, -0.2) is 0 Å². The highest BCUT2D eigenvalue weighted by molar-refractivity contribution is 5.76. The van der Waals surface area contributed by atoms with Crippen LogP contribution in [0.15, 0.2) is 0 Å². The first kappa shape index (κ1) is 16.5. The lowest BCUT2D eigenvalue weighted by Crippen LogP contribution is -2.43. The van der Waals surface area contributed by atoms with Crippen molar-refractivity contribution in [3.05, 3.63) is 0 Å². The molecule has 0 radical (unpaired) electrons. The third-order valence-electron chi connectivity index (χ3n) is 5.07. The van der Waals surface area contributed by atoms with Crippen LogP contribution in [0.5, 0.6) is 0 Å². The Labute approximate surface area is 119 Å². The highest BCUT2D eigenvalue weighted by atomic mass is 16.2. The van der Waals surface area contributed by atoms with Crippen molar-refractivity contribution >= 4 is 5.91 Å². The van der Waals surface area contributed by atoms with Gasteiger partial charge in [0.2, 0.25) is 5.91 Å². The molecule has 1 aliphatic heterocycles. The summed E-state index contributed by atoms with van der Waals surface area (Å²) in [6.07, 6.45) is 6.60. The second-order valence-corrected chi connectivity index (χ2v) is 7.33. The average Bonchev–Trinajstić information content (AvgIpc) is 2.35. The van der Waals surface area contributed by atoms with Crippen LogP contribution in [0.1, 0.15) is 73.1 Å². The quantitative estimate of drug-likeness (QED) is 0.649. The Morgan fingerprint density at radius 3 is 2.16 bits per heavy atom. The molecule has 0 N–H and O–H groups in total. The molecule has 0 aliphatic carbocycles. The van der Waals surface area contributed by atoms with E-state index in [-0.39, 0.29) is 0 Å². The number of amides is 1. The van der Waals surface area contributed by atoms with Crippen molar-refractivity contribution in [2.75, 3.05) is 13.1 Å². The number of likely N-dealkylation sites (tertiary alicyclic amines) is 1. The molecule has 1 fully saturated rings. The molecule has 0 bridgehead atoms. The highest BCUT2D eigenvalue weighted by Crippen LogP contribution is 2.38. The monoisotopic (exact) mass is 267 g/mol. The first-order valence-corrected chi connectivity index (χ1v) is 8.13. The molecule has 1 heterocycles. The number of rotatable bonds is 6. The number of nitrogens with zero attached hydrogens (tertiary/aromatic N) is 1. The van der Waals surface area contributed by atoms with Crippen molar-refractivity contribution in [3.63, 3.8) is 0 Å². The summed E-state index contributed by atoms with van der Waals surface area (Å²) in [5.74, 6) is 1.86. The Hall–Kier alpha value is -0.530. The molecule has 112 valence electrons. The number of hydrogen-bond acceptors (Lipinski definition) is 1. The van der Waals surface area contributed by atoms with Gasteiger partial charge in [0, 0.05) is 19.5 Å². The van der Waals surface area contributed by atoms with Gasteiger partial charge in [0.1, 0.15) is 0 Å². The summed E-state index contributed by atoms with van der Waals surface area (Å²) in [7, 11) is 0. The number of carbonyl (C=O) groups excluding carboxylic acids is 1. The first-order valence-electron chi connectivity index (χ1n) is 8.13. The maximum Gasteiger partial charge on any atom is 0.222 e. The van der Waals surface area contributed by atoms with Crippen LogP contribution in [0.2, 0.25) is 0 Å². The summed E-state index contributed by atoms with van der Waals surface area (Å²) in [4.78, 5) is 14.2. The lowest BCUT2D eigenvalue weighted by Gasteiger charge is -2.42. The van der Waals surface area contributed by atoms with Gasteiger partial charge >= 0.3 is 0 Å². The van der Waals surface area contributed by atoms with Crippen LogP contribution in [0, 0.1) is 17.3 Å².